The van der Waals surface area contributed by atoms with Crippen molar-refractivity contribution >= 4 is 22.6 Å². The summed E-state index contributed by atoms with van der Waals surface area (Å²) in [5.74, 6) is 0.900. The van der Waals surface area contributed by atoms with Crippen LogP contribution in [0.1, 0.15) is 61.9 Å². The largest absolute Gasteiger partial charge is 0.465 e. The number of benzene rings is 1. The Labute approximate surface area is 136 Å². The topological polar surface area (TPSA) is 18.5 Å². The summed E-state index contributed by atoms with van der Waals surface area (Å²) in [5.41, 5.74) is 1.36. The third-order valence-corrected chi connectivity index (χ3v) is 5.44. The molecular weight excluding hydrogens is 363 g/mol. The second-order valence-corrected chi connectivity index (χ2v) is 7.03. The summed E-state index contributed by atoms with van der Waals surface area (Å²) in [5, 5.41) is 0. The lowest BCUT2D eigenvalue weighted by Gasteiger charge is -2.26. The molecule has 20 heavy (non-hydrogen) atoms. The molecule has 112 valence electrons. The monoisotopic (exact) mass is 388 g/mol. The molecule has 1 aliphatic rings. The van der Waals surface area contributed by atoms with Crippen LogP contribution in [0.15, 0.2) is 24.3 Å². The Hall–Kier alpha value is -0.290. The molecule has 0 saturated heterocycles. The second kappa shape index (κ2) is 8.23. The van der Waals surface area contributed by atoms with Crippen LogP contribution >= 0.6 is 22.6 Å². The first kappa shape index (κ1) is 16.1. The molecule has 2 nitrogen and oxygen atoms in total. The van der Waals surface area contributed by atoms with Crippen molar-refractivity contribution in [3.63, 3.8) is 0 Å². The highest BCUT2D eigenvalue weighted by atomic mass is 127. The maximum atomic E-state index is 5.97. The fourth-order valence-corrected chi connectivity index (χ4v) is 3.10. The van der Waals surface area contributed by atoms with Gasteiger partial charge in [-0.15, -0.1) is 0 Å². The van der Waals surface area contributed by atoms with Crippen molar-refractivity contribution < 1.29 is 9.47 Å². The Kier molecular flexibility index (Phi) is 6.62. The number of ether oxygens (including phenoxy) is 2. The quantitative estimate of drug-likeness (QED) is 0.356. The van der Waals surface area contributed by atoms with E-state index in [0.717, 1.165) is 12.2 Å². The zero-order valence-electron chi connectivity index (χ0n) is 12.5. The van der Waals surface area contributed by atoms with Crippen LogP contribution in [-0.4, -0.2) is 12.4 Å². The highest BCUT2D eigenvalue weighted by molar-refractivity contribution is 14.1. The molecule has 1 saturated carbocycles. The number of halogens is 1. The van der Waals surface area contributed by atoms with E-state index >= 15 is 0 Å². The highest BCUT2D eigenvalue weighted by Gasteiger charge is 2.17. The third-order valence-electron chi connectivity index (χ3n) is 3.84. The minimum atomic E-state index is -0.162. The maximum absolute atomic E-state index is 5.97. The Morgan fingerprint density at radius 2 is 1.80 bits per heavy atom. The van der Waals surface area contributed by atoms with Gasteiger partial charge in [-0.2, -0.15) is 0 Å². The van der Waals surface area contributed by atoms with E-state index in [9.17, 15) is 0 Å². The van der Waals surface area contributed by atoms with Gasteiger partial charge in [-0.05, 0) is 43.9 Å². The summed E-state index contributed by atoms with van der Waals surface area (Å²) in [4.78, 5) is 0. The van der Waals surface area contributed by atoms with Crippen molar-refractivity contribution in [1.82, 2.24) is 0 Å². The van der Waals surface area contributed by atoms with E-state index in [4.69, 9.17) is 9.47 Å². The SMILES string of the molecule is CCC(I)c1ccc(OC(C)OC2CCCCC2)cc1. The zero-order chi connectivity index (χ0) is 14.4. The lowest BCUT2D eigenvalue weighted by atomic mass is 9.98. The van der Waals surface area contributed by atoms with Gasteiger partial charge < -0.3 is 9.47 Å². The van der Waals surface area contributed by atoms with Gasteiger partial charge >= 0.3 is 0 Å². The summed E-state index contributed by atoms with van der Waals surface area (Å²) >= 11 is 2.48. The van der Waals surface area contributed by atoms with E-state index in [1.807, 2.05) is 6.92 Å². The molecule has 2 atom stereocenters. The fraction of sp³-hybridized carbons (Fsp3) is 0.647. The Bertz CT molecular complexity index is 384. The number of hydrogen-bond acceptors (Lipinski definition) is 2. The van der Waals surface area contributed by atoms with Gasteiger partial charge in [-0.3, -0.25) is 0 Å². The lowest BCUT2D eigenvalue weighted by Crippen LogP contribution is -2.26. The van der Waals surface area contributed by atoms with Crippen molar-refractivity contribution in [2.45, 2.75) is 68.7 Å². The van der Waals surface area contributed by atoms with Gasteiger partial charge in [-0.1, -0.05) is 60.9 Å². The van der Waals surface area contributed by atoms with Crippen molar-refractivity contribution in [3.8, 4) is 5.75 Å². The summed E-state index contributed by atoms with van der Waals surface area (Å²) < 4.78 is 12.4. The van der Waals surface area contributed by atoms with Gasteiger partial charge in [0.25, 0.3) is 0 Å². The summed E-state index contributed by atoms with van der Waals surface area (Å²) in [6, 6.07) is 8.42. The summed E-state index contributed by atoms with van der Waals surface area (Å²) in [7, 11) is 0. The number of rotatable bonds is 6. The van der Waals surface area contributed by atoms with Crippen LogP contribution in [0.5, 0.6) is 5.75 Å². The van der Waals surface area contributed by atoms with Crippen molar-refractivity contribution in [2.75, 3.05) is 0 Å². The smallest absolute Gasteiger partial charge is 0.197 e. The molecule has 3 heteroatoms. The van der Waals surface area contributed by atoms with Gasteiger partial charge in [0.15, 0.2) is 6.29 Å². The average Bonchev–Trinajstić information content (AvgIpc) is 2.48. The first-order chi connectivity index (χ1) is 9.69. The predicted octanol–water partition coefficient (Wildman–Crippen LogP) is 5.65. The van der Waals surface area contributed by atoms with Crippen LogP contribution in [0.4, 0.5) is 0 Å². The zero-order valence-corrected chi connectivity index (χ0v) is 14.6. The molecule has 1 aromatic carbocycles. The third kappa shape index (κ3) is 4.92. The normalized spacial score (nSPS) is 19.6. The molecule has 0 bridgehead atoms. The second-order valence-electron chi connectivity index (χ2n) is 5.53. The molecule has 0 aliphatic heterocycles. The van der Waals surface area contributed by atoms with Crippen LogP contribution in [0, 0.1) is 0 Å². The Morgan fingerprint density at radius 3 is 2.40 bits per heavy atom. The van der Waals surface area contributed by atoms with E-state index < -0.39 is 0 Å². The van der Waals surface area contributed by atoms with Crippen LogP contribution in [0.2, 0.25) is 0 Å². The highest BCUT2D eigenvalue weighted by Crippen LogP contribution is 2.28. The molecule has 1 fully saturated rings. The standard InChI is InChI=1S/C17H25IO2/c1-3-17(18)14-9-11-16(12-10-14)20-13(2)19-15-7-5-4-6-8-15/h9-13,15,17H,3-8H2,1-2H3. The Morgan fingerprint density at radius 1 is 1.15 bits per heavy atom. The molecule has 2 rings (SSSR count). The fourth-order valence-electron chi connectivity index (χ4n) is 2.68. The molecule has 0 N–H and O–H groups in total. The summed E-state index contributed by atoms with van der Waals surface area (Å²) in [6.07, 6.45) is 7.68. The minimum absolute atomic E-state index is 0.162. The Balaban J connectivity index is 1.82. The van der Waals surface area contributed by atoms with Crippen molar-refractivity contribution in [1.29, 1.82) is 0 Å². The molecule has 0 radical (unpaired) electrons. The van der Waals surface area contributed by atoms with Crippen LogP contribution in [0.3, 0.4) is 0 Å². The van der Waals surface area contributed by atoms with E-state index in [1.54, 1.807) is 0 Å². The minimum Gasteiger partial charge on any atom is -0.465 e. The first-order valence-electron chi connectivity index (χ1n) is 7.75. The molecular formula is C17H25IO2. The van der Waals surface area contributed by atoms with Gasteiger partial charge in [0, 0.05) is 3.92 Å². The molecule has 1 aromatic rings. The van der Waals surface area contributed by atoms with Crippen LogP contribution < -0.4 is 4.74 Å². The van der Waals surface area contributed by atoms with E-state index in [1.165, 1.54) is 37.7 Å². The number of hydrogen-bond donors (Lipinski definition) is 0. The van der Waals surface area contributed by atoms with Crippen LogP contribution in [0.25, 0.3) is 0 Å². The van der Waals surface area contributed by atoms with Crippen molar-refractivity contribution in [2.24, 2.45) is 0 Å². The van der Waals surface area contributed by atoms with Gasteiger partial charge in [0.05, 0.1) is 6.10 Å². The number of alkyl halides is 1. The summed E-state index contributed by atoms with van der Waals surface area (Å²) in [6.45, 7) is 4.21. The molecule has 0 amide bonds. The molecule has 2 unspecified atom stereocenters. The maximum Gasteiger partial charge on any atom is 0.197 e. The van der Waals surface area contributed by atoms with E-state index in [2.05, 4.69) is 53.8 Å². The molecule has 0 heterocycles. The molecule has 0 aromatic heterocycles. The average molecular weight is 388 g/mol. The van der Waals surface area contributed by atoms with E-state index in [0.29, 0.717) is 10.0 Å². The van der Waals surface area contributed by atoms with Crippen molar-refractivity contribution in [3.05, 3.63) is 29.8 Å². The van der Waals surface area contributed by atoms with Crippen LogP contribution in [-0.2, 0) is 4.74 Å². The van der Waals surface area contributed by atoms with Gasteiger partial charge in [-0.25, -0.2) is 0 Å². The first-order valence-corrected chi connectivity index (χ1v) is 8.99. The van der Waals surface area contributed by atoms with Gasteiger partial charge in [0.2, 0.25) is 0 Å². The molecule has 1 aliphatic carbocycles. The molecule has 0 spiro atoms. The predicted molar refractivity (Wildman–Crippen MR) is 91.5 cm³/mol. The van der Waals surface area contributed by atoms with Gasteiger partial charge in [0.1, 0.15) is 5.75 Å². The lowest BCUT2D eigenvalue weighted by molar-refractivity contribution is -0.116. The van der Waals surface area contributed by atoms with E-state index in [-0.39, 0.29) is 6.29 Å².